The molecule has 5 atom stereocenters. The summed E-state index contributed by atoms with van der Waals surface area (Å²) < 4.78 is 89.4. The standard InChI is InChI=1S/C42H52F3N6O8P/c1-5-9-10-11-12-16-19-36(52)57-34-24-35(51-27-47-37-38(46)48-41(45)49-39(37)51)58-42(34,8-4)26-56-60(54,59-32-17-14-13-15-18-32)50-33(40(53)55-25-28(6-2)7-3)22-29-20-30(43)23-31(44)21-29/h4,13-15,17-18,20-21,23,27-28,33-35H,5-7,9-12,16,19,22,24-26H2,1-3H3,(H,50,54)(H2,46,48,49)/t33?,34-,35+,42+,60-/m0/s1. The molecule has 2 aromatic heterocycles. The van der Waals surface area contributed by atoms with E-state index in [1.807, 2.05) is 13.8 Å². The second-order valence-corrected chi connectivity index (χ2v) is 16.4. The number of nitrogen functional groups attached to an aromatic ring is 1. The number of unbranched alkanes of at least 4 members (excludes halogenated alkanes) is 5. The number of carbonyl (C=O) groups is 2. The molecule has 1 unspecified atom stereocenters. The van der Waals surface area contributed by atoms with Crippen LogP contribution in [0.15, 0.2) is 54.9 Å². The molecule has 1 aliphatic rings. The number of hydrogen-bond donors (Lipinski definition) is 2. The molecule has 1 aliphatic heterocycles. The van der Waals surface area contributed by atoms with E-state index in [0.717, 1.165) is 44.2 Å². The number of carbonyl (C=O) groups excluding carboxylic acids is 2. The van der Waals surface area contributed by atoms with E-state index in [2.05, 4.69) is 32.9 Å². The van der Waals surface area contributed by atoms with E-state index in [1.165, 1.54) is 23.0 Å². The molecule has 0 amide bonds. The first-order valence-corrected chi connectivity index (χ1v) is 21.7. The van der Waals surface area contributed by atoms with Crippen molar-refractivity contribution in [2.45, 2.75) is 115 Å². The van der Waals surface area contributed by atoms with E-state index in [1.54, 1.807) is 18.2 Å². The number of benzene rings is 2. The SMILES string of the molecule is C#C[C@]1(CO[P@@](=O)(NC(Cc2cc(F)cc(F)c2)C(=O)OCC(CC)CC)Oc2ccccc2)O[C@@H](n2cnc3c(N)nc(F)nc32)C[C@@H]1OC(=O)CCCCCCCC. The summed E-state index contributed by atoms with van der Waals surface area (Å²) in [6, 6.07) is 9.10. The van der Waals surface area contributed by atoms with Gasteiger partial charge in [-0.1, -0.05) is 89.8 Å². The summed E-state index contributed by atoms with van der Waals surface area (Å²) in [5, 5.41) is 2.64. The Labute approximate surface area is 347 Å². The van der Waals surface area contributed by atoms with Crippen molar-refractivity contribution in [1.82, 2.24) is 24.6 Å². The smallest absolute Gasteiger partial charge is 0.459 e. The van der Waals surface area contributed by atoms with Gasteiger partial charge in [0.25, 0.3) is 0 Å². The fourth-order valence-corrected chi connectivity index (χ4v) is 8.31. The fourth-order valence-electron chi connectivity index (χ4n) is 6.79. The maximum absolute atomic E-state index is 15.0. The van der Waals surface area contributed by atoms with Crippen LogP contribution in [0.25, 0.3) is 11.2 Å². The highest BCUT2D eigenvalue weighted by molar-refractivity contribution is 7.52. The molecule has 1 saturated heterocycles. The van der Waals surface area contributed by atoms with Gasteiger partial charge in [0.05, 0.1) is 12.9 Å². The minimum Gasteiger partial charge on any atom is -0.464 e. The van der Waals surface area contributed by atoms with Crippen LogP contribution in [0.3, 0.4) is 0 Å². The van der Waals surface area contributed by atoms with Gasteiger partial charge in [-0.2, -0.15) is 19.4 Å². The van der Waals surface area contributed by atoms with Crippen LogP contribution in [0.5, 0.6) is 5.75 Å². The summed E-state index contributed by atoms with van der Waals surface area (Å²) in [6.07, 6.45) is 10.5. The summed E-state index contributed by atoms with van der Waals surface area (Å²) >= 11 is 0. The van der Waals surface area contributed by atoms with Crippen molar-refractivity contribution < 1.29 is 50.6 Å². The lowest BCUT2D eigenvalue weighted by molar-refractivity contribution is -0.158. The lowest BCUT2D eigenvalue weighted by Gasteiger charge is -2.31. The predicted molar refractivity (Wildman–Crippen MR) is 217 cm³/mol. The van der Waals surface area contributed by atoms with Gasteiger partial charge in [-0.25, -0.2) is 18.3 Å². The molecule has 2 aromatic carbocycles. The summed E-state index contributed by atoms with van der Waals surface area (Å²) in [6.45, 7) is 5.26. The van der Waals surface area contributed by atoms with Crippen molar-refractivity contribution in [2.24, 2.45) is 5.92 Å². The van der Waals surface area contributed by atoms with Crippen LogP contribution in [-0.2, 0) is 39.3 Å². The number of aromatic nitrogens is 4. The van der Waals surface area contributed by atoms with Crippen LogP contribution >= 0.6 is 7.75 Å². The molecule has 18 heteroatoms. The average Bonchev–Trinajstić information content (AvgIpc) is 3.80. The number of imidazole rings is 1. The van der Waals surface area contributed by atoms with Crippen LogP contribution in [0.2, 0.25) is 0 Å². The highest BCUT2D eigenvalue weighted by Crippen LogP contribution is 2.49. The van der Waals surface area contributed by atoms with E-state index in [0.29, 0.717) is 25.3 Å². The molecule has 0 aliphatic carbocycles. The van der Waals surface area contributed by atoms with Crippen molar-refractivity contribution in [3.8, 4) is 18.1 Å². The maximum atomic E-state index is 15.0. The second-order valence-electron chi connectivity index (χ2n) is 14.7. The zero-order valence-corrected chi connectivity index (χ0v) is 34.9. The number of ether oxygens (including phenoxy) is 3. The number of anilines is 1. The number of terminal acetylenes is 1. The van der Waals surface area contributed by atoms with Gasteiger partial charge in [-0.05, 0) is 48.6 Å². The molecule has 3 heterocycles. The molecular weight excluding hydrogens is 804 g/mol. The summed E-state index contributed by atoms with van der Waals surface area (Å²) in [4.78, 5) is 38.7. The lowest BCUT2D eigenvalue weighted by atomic mass is 9.98. The molecule has 0 bridgehead atoms. The molecule has 5 rings (SSSR count). The third-order valence-electron chi connectivity index (χ3n) is 10.3. The van der Waals surface area contributed by atoms with Gasteiger partial charge in [-0.3, -0.25) is 18.7 Å². The zero-order chi connectivity index (χ0) is 43.3. The first kappa shape index (κ1) is 46.1. The van der Waals surface area contributed by atoms with Crippen molar-refractivity contribution in [3.05, 3.63) is 78.1 Å². The van der Waals surface area contributed by atoms with E-state index >= 15 is 0 Å². The Balaban J connectivity index is 1.47. The minimum atomic E-state index is -4.77. The van der Waals surface area contributed by atoms with Gasteiger partial charge >= 0.3 is 25.8 Å². The van der Waals surface area contributed by atoms with Gasteiger partial charge in [0.15, 0.2) is 22.6 Å². The minimum absolute atomic E-state index is 0.0144. The van der Waals surface area contributed by atoms with Crippen LogP contribution in [-0.4, -0.2) is 62.4 Å². The van der Waals surface area contributed by atoms with Crippen molar-refractivity contribution >= 4 is 36.7 Å². The van der Waals surface area contributed by atoms with Crippen molar-refractivity contribution in [1.29, 1.82) is 0 Å². The molecule has 60 heavy (non-hydrogen) atoms. The predicted octanol–water partition coefficient (Wildman–Crippen LogP) is 8.16. The maximum Gasteiger partial charge on any atom is 0.459 e. The Kier molecular flexibility index (Phi) is 16.5. The average molecular weight is 857 g/mol. The number of para-hydroxylation sites is 1. The first-order valence-electron chi connectivity index (χ1n) is 20.2. The molecule has 4 aromatic rings. The summed E-state index contributed by atoms with van der Waals surface area (Å²) in [5.41, 5.74) is 4.03. The van der Waals surface area contributed by atoms with Gasteiger partial charge in [0, 0.05) is 18.9 Å². The van der Waals surface area contributed by atoms with Crippen molar-refractivity contribution in [3.63, 3.8) is 0 Å². The Morgan fingerprint density at radius 2 is 1.75 bits per heavy atom. The lowest BCUT2D eigenvalue weighted by Crippen LogP contribution is -2.46. The Morgan fingerprint density at radius 1 is 1.05 bits per heavy atom. The zero-order valence-electron chi connectivity index (χ0n) is 34.0. The molecule has 0 radical (unpaired) electrons. The number of hydrogen-bond acceptors (Lipinski definition) is 12. The number of nitrogens with two attached hydrogens (primary N) is 1. The molecule has 1 fully saturated rings. The third-order valence-corrected chi connectivity index (χ3v) is 11.8. The molecule has 0 saturated carbocycles. The van der Waals surface area contributed by atoms with Gasteiger partial charge < -0.3 is 24.5 Å². The van der Waals surface area contributed by atoms with E-state index in [-0.39, 0.29) is 53.7 Å². The number of rotatable bonds is 23. The molecule has 0 spiro atoms. The topological polar surface area (TPSA) is 179 Å². The number of fused-ring (bicyclic) bond motifs is 1. The highest BCUT2D eigenvalue weighted by Gasteiger charge is 2.53. The largest absolute Gasteiger partial charge is 0.464 e. The Hall–Kier alpha value is -5.01. The Morgan fingerprint density at radius 3 is 2.43 bits per heavy atom. The van der Waals surface area contributed by atoms with E-state index in [4.69, 9.17) is 35.4 Å². The fraction of sp³-hybridized carbons (Fsp3) is 0.500. The van der Waals surface area contributed by atoms with Gasteiger partial charge in [0.2, 0.25) is 0 Å². The first-order chi connectivity index (χ1) is 28.8. The number of esters is 2. The van der Waals surface area contributed by atoms with E-state index in [9.17, 15) is 27.3 Å². The quantitative estimate of drug-likeness (QED) is 0.0240. The van der Waals surface area contributed by atoms with Crippen LogP contribution < -0.4 is 15.3 Å². The normalized spacial score (nSPS) is 19.2. The molecule has 3 N–H and O–H groups in total. The second kappa shape index (κ2) is 21.5. The number of nitrogens with zero attached hydrogens (tertiary/aromatic N) is 4. The van der Waals surface area contributed by atoms with Crippen LogP contribution in [0, 0.1) is 36.0 Å². The van der Waals surface area contributed by atoms with Gasteiger partial charge in [0.1, 0.15) is 42.4 Å². The Bertz CT molecular complexity index is 2130. The molecule has 14 nitrogen and oxygen atoms in total. The van der Waals surface area contributed by atoms with Crippen LogP contribution in [0.4, 0.5) is 19.0 Å². The highest BCUT2D eigenvalue weighted by atomic mass is 31.2. The van der Waals surface area contributed by atoms with Gasteiger partial charge in [-0.15, -0.1) is 6.42 Å². The van der Waals surface area contributed by atoms with Crippen LogP contribution in [0.1, 0.15) is 96.8 Å². The third kappa shape index (κ3) is 12.3. The summed E-state index contributed by atoms with van der Waals surface area (Å²) in [5.74, 6) is -0.868. The van der Waals surface area contributed by atoms with Crippen molar-refractivity contribution in [2.75, 3.05) is 18.9 Å². The molecular formula is C42H52F3N6O8P. The number of halogens is 3. The number of nitrogens with one attached hydrogen (secondary N) is 1. The van der Waals surface area contributed by atoms with E-state index < -0.39 is 74.4 Å². The molecule has 324 valence electrons. The monoisotopic (exact) mass is 856 g/mol. The summed E-state index contributed by atoms with van der Waals surface area (Å²) in [7, 11) is -4.77.